The third-order valence-corrected chi connectivity index (χ3v) is 13.3. The second kappa shape index (κ2) is 23.5. The number of benzene rings is 4. The molecule has 0 saturated heterocycles. The Bertz CT molecular complexity index is 2260. The third-order valence-electron chi connectivity index (χ3n) is 13.3. The van der Waals surface area contributed by atoms with Gasteiger partial charge >= 0.3 is 11.9 Å². The van der Waals surface area contributed by atoms with Crippen molar-refractivity contribution in [2.24, 2.45) is 0 Å². The predicted molar refractivity (Wildman–Crippen MR) is 251 cm³/mol. The maximum atomic E-state index is 13.2. The fraction of sp³-hybridized carbons (Fsp3) is 0.500. The van der Waals surface area contributed by atoms with Crippen LogP contribution in [0.4, 0.5) is 0 Å². The van der Waals surface area contributed by atoms with E-state index in [0.717, 1.165) is 55.5 Å². The van der Waals surface area contributed by atoms with Crippen molar-refractivity contribution in [1.29, 1.82) is 0 Å². The summed E-state index contributed by atoms with van der Waals surface area (Å²) in [5.74, 6) is 5.01. The number of unbranched alkanes of at least 4 members (excludes halogenated alkanes) is 2. The molecular weight excluding hydrogens is 845 g/mol. The fourth-order valence-electron chi connectivity index (χ4n) is 9.46. The van der Waals surface area contributed by atoms with Gasteiger partial charge in [0.25, 0.3) is 0 Å². The maximum Gasteiger partial charge on any atom is 0.311 e. The lowest BCUT2D eigenvalue weighted by Crippen LogP contribution is -2.53. The van der Waals surface area contributed by atoms with Crippen LogP contribution in [0.2, 0.25) is 0 Å². The molecule has 0 aromatic heterocycles. The van der Waals surface area contributed by atoms with Gasteiger partial charge in [0, 0.05) is 37.5 Å². The van der Waals surface area contributed by atoms with E-state index < -0.39 is 0 Å². The first-order valence-electron chi connectivity index (χ1n) is 22.8. The topological polar surface area (TPSA) is 130 Å². The fourth-order valence-corrected chi connectivity index (χ4v) is 9.46. The first kappa shape index (κ1) is 49.6. The highest BCUT2D eigenvalue weighted by molar-refractivity contribution is 5.70. The molecule has 6 rings (SSSR count). The van der Waals surface area contributed by atoms with E-state index in [4.69, 9.17) is 47.4 Å². The molecule has 358 valence electrons. The van der Waals surface area contributed by atoms with E-state index in [-0.39, 0.29) is 30.4 Å². The van der Waals surface area contributed by atoms with Gasteiger partial charge in [-0.25, -0.2) is 0 Å². The number of likely N-dealkylation sites (N-methyl/N-ethyl adjacent to an activating group) is 1. The van der Waals surface area contributed by atoms with Gasteiger partial charge < -0.3 is 51.9 Å². The molecule has 0 saturated carbocycles. The number of nitrogens with zero attached hydrogens (tertiary/aromatic N) is 2. The van der Waals surface area contributed by atoms with Gasteiger partial charge in [-0.3, -0.25) is 14.5 Å². The van der Waals surface area contributed by atoms with Gasteiger partial charge in [0.05, 0.1) is 103 Å². The molecule has 14 nitrogen and oxygen atoms in total. The van der Waals surface area contributed by atoms with Gasteiger partial charge in [-0.2, -0.15) is 0 Å². The third kappa shape index (κ3) is 11.9. The second-order valence-corrected chi connectivity index (χ2v) is 17.1. The average Bonchev–Trinajstić information content (AvgIpc) is 3.34. The predicted octanol–water partition coefficient (Wildman–Crippen LogP) is 7.92. The first-order valence-corrected chi connectivity index (χ1v) is 22.8. The highest BCUT2D eigenvalue weighted by Gasteiger charge is 2.40. The molecule has 0 amide bonds. The van der Waals surface area contributed by atoms with Crippen molar-refractivity contribution >= 4 is 11.9 Å². The molecule has 14 heteroatoms. The van der Waals surface area contributed by atoms with Crippen LogP contribution in [-0.4, -0.2) is 125 Å². The van der Waals surface area contributed by atoms with Crippen LogP contribution in [0.15, 0.2) is 60.7 Å². The SMILES string of the molecule is COc1ccc(C[C@@H]2c3cc(OC)c(OC)cc3CCN2CCC(=O)OCCCCCOC(=O)CC[N@@+]2(C)CCc3cc(OC)c(OC)cc3[C@H]2Cc2ccc(OC)c(OC)c2)cc1OC. The van der Waals surface area contributed by atoms with Crippen molar-refractivity contribution < 1.29 is 61.4 Å². The Morgan fingerprint density at radius 3 is 1.56 bits per heavy atom. The Morgan fingerprint density at radius 2 is 1.02 bits per heavy atom. The van der Waals surface area contributed by atoms with Crippen LogP contribution in [0.3, 0.4) is 0 Å². The minimum Gasteiger partial charge on any atom is -0.493 e. The van der Waals surface area contributed by atoms with Crippen molar-refractivity contribution in [3.05, 3.63) is 94.0 Å². The average molecular weight is 914 g/mol. The summed E-state index contributed by atoms with van der Waals surface area (Å²) < 4.78 is 57.0. The van der Waals surface area contributed by atoms with Gasteiger partial charge in [0.15, 0.2) is 46.0 Å². The molecule has 4 aromatic carbocycles. The van der Waals surface area contributed by atoms with Crippen molar-refractivity contribution in [1.82, 2.24) is 4.90 Å². The summed E-state index contributed by atoms with van der Waals surface area (Å²) in [6.07, 6.45) is 5.77. The Hall–Kier alpha value is -5.86. The van der Waals surface area contributed by atoms with E-state index in [1.54, 1.807) is 56.9 Å². The number of quaternary nitrogens is 1. The Balaban J connectivity index is 0.972. The number of ether oxygens (including phenoxy) is 10. The molecule has 0 bridgehead atoms. The molecule has 0 N–H and O–H groups in total. The number of hydrogen-bond acceptors (Lipinski definition) is 13. The lowest BCUT2D eigenvalue weighted by Gasteiger charge is -2.46. The summed E-state index contributed by atoms with van der Waals surface area (Å²) in [4.78, 5) is 28.6. The normalized spacial score (nSPS) is 17.7. The van der Waals surface area contributed by atoms with Gasteiger partial charge in [-0.05, 0) is 108 Å². The van der Waals surface area contributed by atoms with Crippen LogP contribution in [0.5, 0.6) is 46.0 Å². The van der Waals surface area contributed by atoms with Crippen LogP contribution in [0.1, 0.15) is 77.6 Å². The van der Waals surface area contributed by atoms with Gasteiger partial charge in [0.2, 0.25) is 0 Å². The zero-order chi connectivity index (χ0) is 47.2. The minimum absolute atomic E-state index is 0.0116. The largest absolute Gasteiger partial charge is 0.493 e. The van der Waals surface area contributed by atoms with E-state index in [1.807, 2.05) is 24.3 Å². The van der Waals surface area contributed by atoms with Crippen molar-refractivity contribution in [3.63, 3.8) is 0 Å². The van der Waals surface area contributed by atoms with E-state index >= 15 is 0 Å². The number of carbonyl (C=O) groups excluding carboxylic acids is 2. The number of esters is 2. The Kier molecular flexibility index (Phi) is 17.7. The summed E-state index contributed by atoms with van der Waals surface area (Å²) in [5, 5.41) is 0. The Morgan fingerprint density at radius 1 is 0.545 bits per heavy atom. The van der Waals surface area contributed by atoms with Crippen molar-refractivity contribution in [2.45, 2.75) is 69.9 Å². The minimum atomic E-state index is -0.233. The van der Waals surface area contributed by atoms with Crippen molar-refractivity contribution in [2.75, 3.05) is 103 Å². The van der Waals surface area contributed by atoms with Crippen LogP contribution in [0, 0.1) is 0 Å². The summed E-state index contributed by atoms with van der Waals surface area (Å²) in [7, 11) is 15.4. The summed E-state index contributed by atoms with van der Waals surface area (Å²) in [6, 6.07) is 20.3. The zero-order valence-electron chi connectivity index (χ0n) is 40.3. The van der Waals surface area contributed by atoms with Gasteiger partial charge in [0.1, 0.15) is 6.04 Å². The Labute approximate surface area is 390 Å². The molecule has 2 aliphatic rings. The molecule has 66 heavy (non-hydrogen) atoms. The summed E-state index contributed by atoms with van der Waals surface area (Å²) in [5.41, 5.74) is 6.93. The zero-order valence-corrected chi connectivity index (χ0v) is 40.3. The highest BCUT2D eigenvalue weighted by atomic mass is 16.5. The quantitative estimate of drug-likeness (QED) is 0.0384. The number of methoxy groups -OCH3 is 8. The van der Waals surface area contributed by atoms with Crippen LogP contribution in [0.25, 0.3) is 0 Å². The molecule has 0 spiro atoms. The van der Waals surface area contributed by atoms with Gasteiger partial charge in [-0.15, -0.1) is 0 Å². The molecule has 3 atom stereocenters. The molecule has 4 aromatic rings. The molecule has 2 heterocycles. The number of rotatable bonds is 24. The van der Waals surface area contributed by atoms with E-state index in [1.165, 1.54) is 16.7 Å². The molecule has 2 aliphatic heterocycles. The van der Waals surface area contributed by atoms with Crippen molar-refractivity contribution in [3.8, 4) is 46.0 Å². The van der Waals surface area contributed by atoms with Crippen LogP contribution in [-0.2, 0) is 44.7 Å². The standard InChI is InChI=1S/C52H69N2O12/c1-54(23-19-38-32-48(62-7)50(64-9)34-40(38)42(54)28-36-14-16-44(58-3)46(30-36)60-5)24-20-52(56)66-26-12-10-11-25-65-51(55)18-22-53-21-17-37-31-47(61-6)49(63-8)33-39(37)41(53)27-35-13-15-43(57-2)45(29-35)59-4/h13-16,29-34,41-42H,10-12,17-28H2,1-9H3/q+1/t41-,42-,54-/m1/s1. The summed E-state index contributed by atoms with van der Waals surface area (Å²) >= 11 is 0. The number of hydrogen-bond donors (Lipinski definition) is 0. The number of fused-ring (bicyclic) bond motifs is 2. The first-order chi connectivity index (χ1) is 32.0. The molecule has 0 fully saturated rings. The molecule has 0 unspecified atom stereocenters. The number of carbonyl (C=O) groups is 2. The lowest BCUT2D eigenvalue weighted by atomic mass is 9.86. The van der Waals surface area contributed by atoms with Crippen LogP contribution < -0.4 is 37.9 Å². The second-order valence-electron chi connectivity index (χ2n) is 17.1. The summed E-state index contributed by atoms with van der Waals surface area (Å²) in [6.45, 7) is 3.43. The van der Waals surface area contributed by atoms with Gasteiger partial charge in [-0.1, -0.05) is 12.1 Å². The van der Waals surface area contributed by atoms with Crippen LogP contribution >= 0.6 is 0 Å². The monoisotopic (exact) mass is 913 g/mol. The lowest BCUT2D eigenvalue weighted by molar-refractivity contribution is -0.940. The molecular formula is C52H69N2O12+. The molecule has 0 radical (unpaired) electrons. The van der Waals surface area contributed by atoms with E-state index in [9.17, 15) is 9.59 Å². The highest BCUT2D eigenvalue weighted by Crippen LogP contribution is 2.44. The maximum absolute atomic E-state index is 13.2. The smallest absolute Gasteiger partial charge is 0.311 e. The van der Waals surface area contributed by atoms with E-state index in [0.29, 0.717) is 102 Å². The van der Waals surface area contributed by atoms with E-state index in [2.05, 4.69) is 48.3 Å². The molecule has 0 aliphatic carbocycles.